The maximum absolute atomic E-state index is 12.7. The number of rotatable bonds is 13. The van der Waals surface area contributed by atoms with Crippen LogP contribution in [0.25, 0.3) is 0 Å². The third-order valence-electron chi connectivity index (χ3n) is 5.39. The lowest BCUT2D eigenvalue weighted by molar-refractivity contribution is -0.144. The van der Waals surface area contributed by atoms with Gasteiger partial charge in [0, 0.05) is 27.2 Å². The van der Waals surface area contributed by atoms with Crippen LogP contribution in [0.4, 0.5) is 5.82 Å². The number of carboxylic acids is 1. The van der Waals surface area contributed by atoms with Crippen LogP contribution in [0.3, 0.4) is 0 Å². The molecule has 1 atom stereocenters. The van der Waals surface area contributed by atoms with Crippen molar-refractivity contribution < 1.29 is 14.6 Å². The van der Waals surface area contributed by atoms with Crippen LogP contribution in [0.5, 0.6) is 5.75 Å². The molecule has 190 valence electrons. The molecule has 0 aliphatic heterocycles. The minimum absolute atomic E-state index is 0.278. The number of unbranched alkanes of at least 4 members (excludes halogenated alkanes) is 4. The Morgan fingerprint density at radius 2 is 1.68 bits per heavy atom. The quantitative estimate of drug-likeness (QED) is 0.442. The highest BCUT2D eigenvalue weighted by molar-refractivity contribution is 5.72. The lowest BCUT2D eigenvalue weighted by atomic mass is 10.1. The number of anilines is 1. The number of carbonyl (C=O) groups is 1. The van der Waals surface area contributed by atoms with Gasteiger partial charge in [0.15, 0.2) is 6.10 Å². The standard InChI is InChI=1S/C23H34N4O5.C2H6/c1-5-6-7-8-9-15-27(20-21(28)25(3)23(31)26(4)24-20)16-14-18-10-12-19(13-11-18)32-17(2)22(29)30;1-2/h10-13,17H,5-9,14-16H2,1-4H3,(H,29,30);1-2H3. The number of nitrogens with zero attached hydrogens (tertiary/aromatic N) is 4. The van der Waals surface area contributed by atoms with Crippen LogP contribution in [0.1, 0.15) is 65.4 Å². The largest absolute Gasteiger partial charge is 0.479 e. The first-order valence-electron chi connectivity index (χ1n) is 12.1. The molecule has 0 fully saturated rings. The van der Waals surface area contributed by atoms with E-state index in [4.69, 9.17) is 9.84 Å². The second-order valence-electron chi connectivity index (χ2n) is 7.99. The maximum Gasteiger partial charge on any atom is 0.346 e. The molecule has 0 saturated heterocycles. The second-order valence-corrected chi connectivity index (χ2v) is 7.99. The average molecular weight is 477 g/mol. The third kappa shape index (κ3) is 8.68. The van der Waals surface area contributed by atoms with Gasteiger partial charge >= 0.3 is 11.7 Å². The number of benzene rings is 1. The molecule has 0 saturated carbocycles. The fraction of sp³-hybridized carbons (Fsp3) is 0.600. The number of aryl methyl sites for hydroxylation is 1. The van der Waals surface area contributed by atoms with E-state index in [0.717, 1.165) is 35.8 Å². The summed E-state index contributed by atoms with van der Waals surface area (Å²) in [6.45, 7) is 8.90. The van der Waals surface area contributed by atoms with Gasteiger partial charge in [-0.1, -0.05) is 58.6 Å². The van der Waals surface area contributed by atoms with Crippen molar-refractivity contribution in [3.05, 3.63) is 50.7 Å². The van der Waals surface area contributed by atoms with Crippen LogP contribution < -0.4 is 20.9 Å². The van der Waals surface area contributed by atoms with Crippen molar-refractivity contribution in [3.8, 4) is 5.75 Å². The summed E-state index contributed by atoms with van der Waals surface area (Å²) < 4.78 is 7.64. The Kier molecular flexibility index (Phi) is 12.7. The van der Waals surface area contributed by atoms with Crippen molar-refractivity contribution in [1.29, 1.82) is 0 Å². The first-order chi connectivity index (χ1) is 16.2. The summed E-state index contributed by atoms with van der Waals surface area (Å²) >= 11 is 0. The highest BCUT2D eigenvalue weighted by Crippen LogP contribution is 2.16. The summed E-state index contributed by atoms with van der Waals surface area (Å²) in [6, 6.07) is 7.26. The number of carboxylic acid groups (broad SMARTS) is 1. The van der Waals surface area contributed by atoms with E-state index < -0.39 is 23.3 Å². The van der Waals surface area contributed by atoms with Crippen LogP contribution in [-0.4, -0.2) is 44.6 Å². The second kappa shape index (κ2) is 14.9. The van der Waals surface area contributed by atoms with E-state index in [-0.39, 0.29) is 5.82 Å². The van der Waals surface area contributed by atoms with Crippen molar-refractivity contribution >= 4 is 11.8 Å². The Bertz CT molecular complexity index is 998. The molecule has 9 heteroatoms. The molecule has 2 aromatic rings. The lowest BCUT2D eigenvalue weighted by Gasteiger charge is -2.24. The minimum atomic E-state index is -1.02. The topological polar surface area (TPSA) is 107 Å². The van der Waals surface area contributed by atoms with Gasteiger partial charge in [0.25, 0.3) is 5.56 Å². The normalized spacial score (nSPS) is 11.4. The first-order valence-corrected chi connectivity index (χ1v) is 12.1. The predicted octanol–water partition coefficient (Wildman–Crippen LogP) is 3.38. The summed E-state index contributed by atoms with van der Waals surface area (Å²) in [5, 5.41) is 13.2. The Hall–Kier alpha value is -3.10. The van der Waals surface area contributed by atoms with E-state index in [9.17, 15) is 14.4 Å². The summed E-state index contributed by atoms with van der Waals surface area (Å²) in [5.74, 6) is -0.250. The van der Waals surface area contributed by atoms with E-state index in [1.165, 1.54) is 25.1 Å². The molecule has 0 aliphatic rings. The molecule has 0 aliphatic carbocycles. The number of aliphatic carboxylic acids is 1. The van der Waals surface area contributed by atoms with E-state index in [0.29, 0.717) is 25.3 Å². The van der Waals surface area contributed by atoms with Gasteiger partial charge in [-0.15, -0.1) is 5.10 Å². The fourth-order valence-electron chi connectivity index (χ4n) is 3.36. The molecule has 1 aromatic heterocycles. The van der Waals surface area contributed by atoms with Gasteiger partial charge in [0.2, 0.25) is 5.82 Å². The molecule has 1 N–H and O–H groups in total. The smallest absolute Gasteiger partial charge is 0.346 e. The third-order valence-corrected chi connectivity index (χ3v) is 5.39. The Morgan fingerprint density at radius 3 is 2.26 bits per heavy atom. The Morgan fingerprint density at radius 1 is 1.06 bits per heavy atom. The number of hydrogen-bond donors (Lipinski definition) is 1. The average Bonchev–Trinajstić information content (AvgIpc) is 2.84. The van der Waals surface area contributed by atoms with Gasteiger partial charge in [0.1, 0.15) is 5.75 Å². The van der Waals surface area contributed by atoms with E-state index in [2.05, 4.69) is 12.0 Å². The molecule has 9 nitrogen and oxygen atoms in total. The Balaban J connectivity index is 0.00000281. The van der Waals surface area contributed by atoms with Crippen molar-refractivity contribution in [2.45, 2.75) is 72.3 Å². The molecular formula is C25H40N4O5. The highest BCUT2D eigenvalue weighted by Gasteiger charge is 2.17. The lowest BCUT2D eigenvalue weighted by Crippen LogP contribution is -2.43. The van der Waals surface area contributed by atoms with Gasteiger partial charge in [-0.3, -0.25) is 9.36 Å². The van der Waals surface area contributed by atoms with Crippen molar-refractivity contribution in [2.75, 3.05) is 18.0 Å². The van der Waals surface area contributed by atoms with Gasteiger partial charge < -0.3 is 14.7 Å². The molecule has 1 unspecified atom stereocenters. The summed E-state index contributed by atoms with van der Waals surface area (Å²) in [7, 11) is 3.01. The molecule has 2 rings (SSSR count). The molecule has 0 radical (unpaired) electrons. The molecular weight excluding hydrogens is 436 g/mol. The zero-order valence-corrected chi connectivity index (χ0v) is 21.4. The fourth-order valence-corrected chi connectivity index (χ4v) is 3.36. The van der Waals surface area contributed by atoms with Gasteiger partial charge in [0.05, 0.1) is 0 Å². The van der Waals surface area contributed by atoms with Crippen molar-refractivity contribution in [1.82, 2.24) is 14.3 Å². The van der Waals surface area contributed by atoms with E-state index in [1.54, 1.807) is 19.2 Å². The van der Waals surface area contributed by atoms with Crippen molar-refractivity contribution in [2.24, 2.45) is 14.1 Å². The SMILES string of the molecule is CC.CCCCCCCN(CCc1ccc(OC(C)C(=O)O)cc1)c1nn(C)c(=O)n(C)c1=O. The monoisotopic (exact) mass is 476 g/mol. The van der Waals surface area contributed by atoms with Gasteiger partial charge in [-0.25, -0.2) is 14.3 Å². The van der Waals surface area contributed by atoms with Crippen LogP contribution in [0.2, 0.25) is 0 Å². The zero-order valence-electron chi connectivity index (χ0n) is 21.4. The van der Waals surface area contributed by atoms with E-state index >= 15 is 0 Å². The van der Waals surface area contributed by atoms with Crippen LogP contribution in [0.15, 0.2) is 33.9 Å². The summed E-state index contributed by atoms with van der Waals surface area (Å²) in [6.07, 6.45) is 5.26. The van der Waals surface area contributed by atoms with Crippen LogP contribution in [0, 0.1) is 0 Å². The van der Waals surface area contributed by atoms with Crippen molar-refractivity contribution in [3.63, 3.8) is 0 Å². The molecule has 34 heavy (non-hydrogen) atoms. The van der Waals surface area contributed by atoms with Gasteiger partial charge in [-0.2, -0.15) is 0 Å². The molecule has 1 heterocycles. The predicted molar refractivity (Wildman–Crippen MR) is 135 cm³/mol. The molecule has 0 amide bonds. The summed E-state index contributed by atoms with van der Waals surface area (Å²) in [5.41, 5.74) is 0.179. The summed E-state index contributed by atoms with van der Waals surface area (Å²) in [4.78, 5) is 37.6. The molecule has 1 aromatic carbocycles. The number of ether oxygens (including phenoxy) is 1. The first kappa shape index (κ1) is 28.9. The minimum Gasteiger partial charge on any atom is -0.479 e. The van der Waals surface area contributed by atoms with Gasteiger partial charge in [-0.05, 0) is 37.5 Å². The maximum atomic E-state index is 12.7. The van der Waals surface area contributed by atoms with Crippen LogP contribution in [-0.2, 0) is 25.3 Å². The van der Waals surface area contributed by atoms with Crippen LogP contribution >= 0.6 is 0 Å². The highest BCUT2D eigenvalue weighted by atomic mass is 16.5. The molecule has 0 bridgehead atoms. The number of aromatic nitrogens is 3. The number of hydrogen-bond acceptors (Lipinski definition) is 6. The Labute approximate surface area is 202 Å². The zero-order chi connectivity index (χ0) is 25.7. The molecule has 0 spiro atoms. The van der Waals surface area contributed by atoms with E-state index in [1.807, 2.05) is 30.9 Å².